The number of para-hydroxylation sites is 1. The molecule has 2 fully saturated rings. The van der Waals surface area contributed by atoms with Crippen LogP contribution in [0.2, 0.25) is 0 Å². The largest absolute Gasteiger partial charge is 0.450 e. The van der Waals surface area contributed by atoms with Gasteiger partial charge in [0.1, 0.15) is 0 Å². The van der Waals surface area contributed by atoms with E-state index in [1.54, 1.807) is 4.68 Å². The van der Waals surface area contributed by atoms with Gasteiger partial charge in [0.2, 0.25) is 0 Å². The van der Waals surface area contributed by atoms with E-state index in [1.807, 2.05) is 65.6 Å². The van der Waals surface area contributed by atoms with Crippen molar-refractivity contribution >= 4 is 11.9 Å². The van der Waals surface area contributed by atoms with E-state index in [-0.39, 0.29) is 35.2 Å². The van der Waals surface area contributed by atoms with Gasteiger partial charge in [-0.1, -0.05) is 69.3 Å². The van der Waals surface area contributed by atoms with Crippen molar-refractivity contribution in [3.8, 4) is 17.1 Å². The summed E-state index contributed by atoms with van der Waals surface area (Å²) in [5.41, 5.74) is 1.95. The van der Waals surface area contributed by atoms with Gasteiger partial charge < -0.3 is 9.64 Å². The number of aromatic nitrogens is 3. The lowest BCUT2D eigenvalue weighted by Crippen LogP contribution is -2.39. The van der Waals surface area contributed by atoms with Crippen LogP contribution in [-0.4, -0.2) is 50.7 Å². The van der Waals surface area contributed by atoms with Crippen molar-refractivity contribution in [2.24, 2.45) is 10.8 Å². The monoisotopic (exact) mass is 458 g/mol. The highest BCUT2D eigenvalue weighted by molar-refractivity contribution is 5.88. The molecular formula is C27H30N4O3. The summed E-state index contributed by atoms with van der Waals surface area (Å²) in [6, 6.07) is 19.3. The minimum absolute atomic E-state index is 0.0660. The second-order valence-electron chi connectivity index (χ2n) is 10.7. The number of carbonyl (C=O) groups excluding carboxylic acids is 2. The summed E-state index contributed by atoms with van der Waals surface area (Å²) in [6.07, 6.45) is 3.09. The molecule has 1 saturated carbocycles. The van der Waals surface area contributed by atoms with Gasteiger partial charge in [-0.3, -0.25) is 4.79 Å². The number of hydrogen-bond donors (Lipinski definition) is 0. The summed E-state index contributed by atoms with van der Waals surface area (Å²) in [6.45, 7) is 7.21. The van der Waals surface area contributed by atoms with Crippen LogP contribution in [0.4, 0.5) is 0 Å². The highest BCUT2D eigenvalue weighted by Gasteiger charge is 2.51. The van der Waals surface area contributed by atoms with Gasteiger partial charge >= 0.3 is 5.97 Å². The van der Waals surface area contributed by atoms with Gasteiger partial charge in [-0.25, -0.2) is 14.5 Å². The summed E-state index contributed by atoms with van der Waals surface area (Å²) in [4.78, 5) is 32.2. The molecule has 2 aromatic carbocycles. The Kier molecular flexibility index (Phi) is 5.50. The van der Waals surface area contributed by atoms with Gasteiger partial charge in [0.25, 0.3) is 11.7 Å². The van der Waals surface area contributed by atoms with Gasteiger partial charge in [0.05, 0.1) is 5.69 Å². The molecule has 1 amide bonds. The van der Waals surface area contributed by atoms with Crippen molar-refractivity contribution in [1.82, 2.24) is 19.7 Å². The molecule has 0 radical (unpaired) electrons. The topological polar surface area (TPSA) is 77.3 Å². The first-order valence-corrected chi connectivity index (χ1v) is 11.8. The Morgan fingerprint density at radius 3 is 2.38 bits per heavy atom. The Hall–Kier alpha value is -3.48. The van der Waals surface area contributed by atoms with Gasteiger partial charge in [-0.05, 0) is 42.2 Å². The molecule has 176 valence electrons. The summed E-state index contributed by atoms with van der Waals surface area (Å²) in [5, 5.41) is 4.42. The zero-order valence-corrected chi connectivity index (χ0v) is 19.9. The third kappa shape index (κ3) is 4.34. The van der Waals surface area contributed by atoms with E-state index in [0.717, 1.165) is 37.1 Å². The zero-order chi connectivity index (χ0) is 23.9. The molecule has 7 heteroatoms. The van der Waals surface area contributed by atoms with Gasteiger partial charge in [-0.15, -0.1) is 5.10 Å². The normalized spacial score (nSPS) is 23.0. The second-order valence-corrected chi connectivity index (χ2v) is 10.7. The third-order valence-electron chi connectivity index (χ3n) is 6.88. The van der Waals surface area contributed by atoms with Crippen LogP contribution < -0.4 is 0 Å². The fourth-order valence-corrected chi connectivity index (χ4v) is 5.95. The smallest absolute Gasteiger partial charge is 0.378 e. The number of amides is 1. The van der Waals surface area contributed by atoms with Crippen molar-refractivity contribution in [3.63, 3.8) is 0 Å². The SMILES string of the molecule is CC1(C)CC2CC(C)(CN2C(=O)COC(=O)c2nc(-c3ccccc3)n(-c3ccccc3)n2)C1. The second kappa shape index (κ2) is 8.38. The highest BCUT2D eigenvalue weighted by atomic mass is 16.5. The summed E-state index contributed by atoms with van der Waals surface area (Å²) < 4.78 is 7.03. The lowest BCUT2D eigenvalue weighted by atomic mass is 9.65. The maximum absolute atomic E-state index is 13.0. The van der Waals surface area contributed by atoms with Crippen LogP contribution in [0.25, 0.3) is 17.1 Å². The molecule has 0 N–H and O–H groups in total. The molecule has 1 aliphatic heterocycles. The van der Waals surface area contributed by atoms with Crippen molar-refractivity contribution < 1.29 is 14.3 Å². The molecule has 7 nitrogen and oxygen atoms in total. The Balaban J connectivity index is 1.33. The van der Waals surface area contributed by atoms with Crippen molar-refractivity contribution in [2.75, 3.05) is 13.2 Å². The lowest BCUT2D eigenvalue weighted by Gasteiger charge is -2.39. The van der Waals surface area contributed by atoms with E-state index in [4.69, 9.17) is 4.74 Å². The molecule has 5 rings (SSSR count). The summed E-state index contributed by atoms with van der Waals surface area (Å²) >= 11 is 0. The predicted molar refractivity (Wildman–Crippen MR) is 128 cm³/mol. The zero-order valence-electron chi connectivity index (χ0n) is 19.9. The maximum Gasteiger partial charge on any atom is 0.378 e. The summed E-state index contributed by atoms with van der Waals surface area (Å²) in [5.74, 6) is -0.378. The third-order valence-corrected chi connectivity index (χ3v) is 6.88. The highest BCUT2D eigenvalue weighted by Crippen LogP contribution is 2.52. The van der Waals surface area contributed by atoms with Crippen LogP contribution >= 0.6 is 0 Å². The van der Waals surface area contributed by atoms with Gasteiger partial charge in [0, 0.05) is 18.2 Å². The average molecular weight is 459 g/mol. The molecule has 1 aliphatic carbocycles. The number of esters is 1. The Morgan fingerprint density at radius 1 is 1.00 bits per heavy atom. The molecule has 2 aliphatic rings. The Labute approximate surface area is 199 Å². The van der Waals surface area contributed by atoms with Crippen LogP contribution in [0.1, 0.15) is 50.7 Å². The predicted octanol–water partition coefficient (Wildman–Crippen LogP) is 4.52. The fraction of sp³-hybridized carbons (Fsp3) is 0.407. The van der Waals surface area contributed by atoms with E-state index in [0.29, 0.717) is 5.82 Å². The van der Waals surface area contributed by atoms with Crippen LogP contribution in [0.3, 0.4) is 0 Å². The van der Waals surface area contributed by atoms with Crippen LogP contribution in [-0.2, 0) is 9.53 Å². The average Bonchev–Trinajstić information content (AvgIpc) is 3.36. The first-order valence-electron chi connectivity index (χ1n) is 11.8. The molecule has 1 saturated heterocycles. The lowest BCUT2D eigenvalue weighted by molar-refractivity contribution is -0.135. The first kappa shape index (κ1) is 22.3. The minimum atomic E-state index is -0.700. The van der Waals surface area contributed by atoms with E-state index >= 15 is 0 Å². The molecule has 34 heavy (non-hydrogen) atoms. The number of nitrogens with zero attached hydrogens (tertiary/aromatic N) is 4. The van der Waals surface area contributed by atoms with Crippen molar-refractivity contribution in [1.29, 1.82) is 0 Å². The number of likely N-dealkylation sites (tertiary alicyclic amines) is 1. The maximum atomic E-state index is 13.0. The minimum Gasteiger partial charge on any atom is -0.450 e. The van der Waals surface area contributed by atoms with Crippen LogP contribution in [0.15, 0.2) is 60.7 Å². The number of ether oxygens (including phenoxy) is 1. The van der Waals surface area contributed by atoms with E-state index in [2.05, 4.69) is 30.9 Å². The molecule has 0 spiro atoms. The molecule has 2 atom stereocenters. The van der Waals surface area contributed by atoms with Crippen molar-refractivity contribution in [3.05, 3.63) is 66.5 Å². The van der Waals surface area contributed by atoms with E-state index in [1.165, 1.54) is 0 Å². The standard InChI is InChI=1S/C27H30N4O3/c1-26(2)14-21-15-27(3,17-26)18-30(21)22(32)16-34-25(33)23-28-24(19-10-6-4-7-11-19)31(29-23)20-12-8-5-9-13-20/h4-13,21H,14-18H2,1-3H3. The van der Waals surface area contributed by atoms with E-state index < -0.39 is 5.97 Å². The number of rotatable bonds is 5. The molecule has 1 aromatic heterocycles. The van der Waals surface area contributed by atoms with Gasteiger partial charge in [0.15, 0.2) is 12.4 Å². The Morgan fingerprint density at radius 2 is 1.68 bits per heavy atom. The number of carbonyl (C=O) groups is 2. The van der Waals surface area contributed by atoms with Crippen LogP contribution in [0, 0.1) is 10.8 Å². The number of hydrogen-bond acceptors (Lipinski definition) is 5. The van der Waals surface area contributed by atoms with Crippen molar-refractivity contribution in [2.45, 2.75) is 46.1 Å². The Bertz CT molecular complexity index is 1150. The molecule has 2 unspecified atom stereocenters. The fourth-order valence-electron chi connectivity index (χ4n) is 5.95. The molecule has 3 aromatic rings. The van der Waals surface area contributed by atoms with E-state index in [9.17, 15) is 9.59 Å². The number of benzene rings is 2. The summed E-state index contributed by atoms with van der Waals surface area (Å²) in [7, 11) is 0. The molecule has 2 heterocycles. The first-order chi connectivity index (χ1) is 16.2. The molecular weight excluding hydrogens is 428 g/mol. The van der Waals surface area contributed by atoms with Crippen LogP contribution in [0.5, 0.6) is 0 Å². The van der Waals surface area contributed by atoms with Gasteiger partial charge in [-0.2, -0.15) is 0 Å². The quantitative estimate of drug-likeness (QED) is 0.526. The molecule has 2 bridgehead atoms. The number of fused-ring (bicyclic) bond motifs is 2.